The Labute approximate surface area is 158 Å². The minimum Gasteiger partial charge on any atom is -0.493 e. The lowest BCUT2D eigenvalue weighted by Crippen LogP contribution is -2.24. The van der Waals surface area contributed by atoms with E-state index in [0.29, 0.717) is 11.5 Å². The van der Waals surface area contributed by atoms with Gasteiger partial charge in [-0.15, -0.1) is 0 Å². The van der Waals surface area contributed by atoms with Crippen molar-refractivity contribution in [3.8, 4) is 11.5 Å². The van der Waals surface area contributed by atoms with Crippen molar-refractivity contribution in [2.75, 3.05) is 14.2 Å². The average molecular weight is 384 g/mol. The van der Waals surface area contributed by atoms with Gasteiger partial charge >= 0.3 is 5.63 Å². The van der Waals surface area contributed by atoms with Gasteiger partial charge in [0.2, 0.25) is 0 Å². The zero-order valence-corrected chi connectivity index (χ0v) is 15.1. The van der Waals surface area contributed by atoms with E-state index in [-0.39, 0.29) is 28.8 Å². The molecule has 1 aromatic heterocycles. The second kappa shape index (κ2) is 7.78. The molecular weight excluding hydrogens is 368 g/mol. The summed E-state index contributed by atoms with van der Waals surface area (Å²) in [5.74, 6) is 0.206. The fraction of sp³-hybridized carbons (Fsp3) is 0.158. The van der Waals surface area contributed by atoms with Gasteiger partial charge < -0.3 is 19.2 Å². The summed E-state index contributed by atoms with van der Waals surface area (Å²) in [6.45, 7) is 0.149. The van der Waals surface area contributed by atoms with Crippen molar-refractivity contribution >= 4 is 22.4 Å². The van der Waals surface area contributed by atoms with Crippen LogP contribution in [-0.4, -0.2) is 25.1 Å². The number of nitrogens with zero attached hydrogens (tertiary/aromatic N) is 1. The minimum atomic E-state index is -0.747. The molecular formula is C19H16N2O7. The lowest BCUT2D eigenvalue weighted by atomic mass is 10.1. The number of nitro groups is 1. The number of rotatable bonds is 6. The summed E-state index contributed by atoms with van der Waals surface area (Å²) in [5.41, 5.74) is -0.191. The van der Waals surface area contributed by atoms with Crippen LogP contribution in [0.2, 0.25) is 0 Å². The van der Waals surface area contributed by atoms with Crippen molar-refractivity contribution < 1.29 is 23.6 Å². The van der Waals surface area contributed by atoms with E-state index in [1.807, 2.05) is 0 Å². The first kappa shape index (κ1) is 18.9. The molecule has 0 radical (unpaired) electrons. The Hall–Kier alpha value is -3.88. The van der Waals surface area contributed by atoms with E-state index in [1.54, 1.807) is 18.2 Å². The first-order valence-corrected chi connectivity index (χ1v) is 8.14. The van der Waals surface area contributed by atoms with Gasteiger partial charge in [-0.3, -0.25) is 14.9 Å². The van der Waals surface area contributed by atoms with Crippen molar-refractivity contribution in [3.05, 3.63) is 74.3 Å². The predicted molar refractivity (Wildman–Crippen MR) is 99.9 cm³/mol. The number of nitro benzene ring substituents is 1. The van der Waals surface area contributed by atoms with Gasteiger partial charge in [-0.05, 0) is 35.2 Å². The van der Waals surface area contributed by atoms with Gasteiger partial charge in [-0.1, -0.05) is 6.07 Å². The summed E-state index contributed by atoms with van der Waals surface area (Å²) in [7, 11) is 3.02. The maximum absolute atomic E-state index is 12.4. The molecule has 2 aromatic carbocycles. The standard InChI is InChI=1S/C19H16N2O7/c1-26-15-6-3-11(7-16(15)27-2)10-20-18(22)17-9-12-8-13(21(24)25)4-5-14(12)19(23)28-17/h3-9H,10H2,1-2H3,(H,20,22). The molecule has 0 fully saturated rings. The minimum absolute atomic E-state index is 0.149. The molecule has 0 aliphatic carbocycles. The number of benzene rings is 2. The third-order valence-corrected chi connectivity index (χ3v) is 4.08. The Morgan fingerprint density at radius 1 is 1.11 bits per heavy atom. The van der Waals surface area contributed by atoms with Crippen LogP contribution in [-0.2, 0) is 6.54 Å². The van der Waals surface area contributed by atoms with Crippen LogP contribution in [0.5, 0.6) is 11.5 Å². The molecule has 0 atom stereocenters. The molecule has 9 heteroatoms. The molecule has 1 N–H and O–H groups in total. The van der Waals surface area contributed by atoms with E-state index >= 15 is 0 Å². The van der Waals surface area contributed by atoms with Crippen LogP contribution in [0.15, 0.2) is 51.7 Å². The highest BCUT2D eigenvalue weighted by atomic mass is 16.6. The Morgan fingerprint density at radius 3 is 2.54 bits per heavy atom. The van der Waals surface area contributed by atoms with Crippen LogP contribution >= 0.6 is 0 Å². The fourth-order valence-corrected chi connectivity index (χ4v) is 2.67. The summed E-state index contributed by atoms with van der Waals surface area (Å²) in [4.78, 5) is 34.8. The van der Waals surface area contributed by atoms with E-state index in [9.17, 15) is 19.7 Å². The van der Waals surface area contributed by atoms with Gasteiger partial charge in [0.05, 0.1) is 24.5 Å². The first-order chi connectivity index (χ1) is 13.4. The fourth-order valence-electron chi connectivity index (χ4n) is 2.67. The summed E-state index contributed by atoms with van der Waals surface area (Å²) in [6, 6.07) is 10.2. The normalized spacial score (nSPS) is 10.5. The number of non-ortho nitro benzene ring substituents is 1. The highest BCUT2D eigenvalue weighted by Crippen LogP contribution is 2.27. The number of ether oxygens (including phenoxy) is 2. The summed E-state index contributed by atoms with van der Waals surface area (Å²) in [6.07, 6.45) is 0. The van der Waals surface area contributed by atoms with Crippen molar-refractivity contribution in [1.29, 1.82) is 0 Å². The molecule has 0 aliphatic rings. The molecule has 28 heavy (non-hydrogen) atoms. The Bertz CT molecular complexity index is 1120. The monoisotopic (exact) mass is 384 g/mol. The maximum Gasteiger partial charge on any atom is 0.344 e. The molecule has 0 bridgehead atoms. The number of hydrogen-bond donors (Lipinski definition) is 1. The third kappa shape index (κ3) is 3.78. The third-order valence-electron chi connectivity index (χ3n) is 4.08. The van der Waals surface area contributed by atoms with Gasteiger partial charge in [0.1, 0.15) is 0 Å². The maximum atomic E-state index is 12.4. The molecule has 0 unspecified atom stereocenters. The summed E-state index contributed by atoms with van der Waals surface area (Å²) >= 11 is 0. The van der Waals surface area contributed by atoms with Crippen molar-refractivity contribution in [2.24, 2.45) is 0 Å². The van der Waals surface area contributed by atoms with Crippen LogP contribution in [0.3, 0.4) is 0 Å². The zero-order valence-electron chi connectivity index (χ0n) is 15.1. The van der Waals surface area contributed by atoms with Crippen molar-refractivity contribution in [1.82, 2.24) is 5.32 Å². The topological polar surface area (TPSA) is 121 Å². The highest BCUT2D eigenvalue weighted by Gasteiger charge is 2.15. The van der Waals surface area contributed by atoms with Gasteiger partial charge in [-0.25, -0.2) is 4.79 Å². The molecule has 9 nitrogen and oxygen atoms in total. The Morgan fingerprint density at radius 2 is 1.86 bits per heavy atom. The van der Waals surface area contributed by atoms with Gasteiger partial charge in [0.25, 0.3) is 11.6 Å². The second-order valence-corrected chi connectivity index (χ2v) is 5.80. The van der Waals surface area contributed by atoms with Crippen LogP contribution < -0.4 is 20.4 Å². The van der Waals surface area contributed by atoms with Gasteiger partial charge in [0, 0.05) is 18.7 Å². The number of nitrogens with one attached hydrogen (secondary N) is 1. The van der Waals surface area contributed by atoms with E-state index in [0.717, 1.165) is 5.56 Å². The highest BCUT2D eigenvalue weighted by molar-refractivity contribution is 5.95. The predicted octanol–water partition coefficient (Wildman–Crippen LogP) is 2.65. The van der Waals surface area contributed by atoms with Gasteiger partial charge in [-0.2, -0.15) is 0 Å². The Balaban J connectivity index is 1.83. The quantitative estimate of drug-likeness (QED) is 0.512. The molecule has 3 rings (SSSR count). The molecule has 144 valence electrons. The number of amides is 1. The lowest BCUT2D eigenvalue weighted by Gasteiger charge is -2.10. The van der Waals surface area contributed by atoms with Crippen LogP contribution in [0.4, 0.5) is 5.69 Å². The van der Waals surface area contributed by atoms with Crippen LogP contribution in [0, 0.1) is 10.1 Å². The van der Waals surface area contributed by atoms with Crippen LogP contribution in [0.1, 0.15) is 16.1 Å². The lowest BCUT2D eigenvalue weighted by molar-refractivity contribution is -0.384. The van der Waals surface area contributed by atoms with E-state index < -0.39 is 16.5 Å². The summed E-state index contributed by atoms with van der Waals surface area (Å²) in [5, 5.41) is 13.9. The van der Waals surface area contributed by atoms with Crippen LogP contribution in [0.25, 0.3) is 10.8 Å². The van der Waals surface area contributed by atoms with E-state index in [4.69, 9.17) is 13.9 Å². The molecule has 0 spiro atoms. The Kier molecular flexibility index (Phi) is 5.25. The molecule has 1 heterocycles. The number of carbonyl (C=O) groups is 1. The van der Waals surface area contributed by atoms with Crippen molar-refractivity contribution in [3.63, 3.8) is 0 Å². The molecule has 3 aromatic rings. The summed E-state index contributed by atoms with van der Waals surface area (Å²) < 4.78 is 15.4. The largest absolute Gasteiger partial charge is 0.493 e. The second-order valence-electron chi connectivity index (χ2n) is 5.80. The molecule has 0 saturated heterocycles. The molecule has 0 aliphatic heterocycles. The number of fused-ring (bicyclic) bond motifs is 1. The molecule has 1 amide bonds. The first-order valence-electron chi connectivity index (χ1n) is 8.14. The van der Waals surface area contributed by atoms with Gasteiger partial charge in [0.15, 0.2) is 17.3 Å². The number of carbonyl (C=O) groups excluding carboxylic acids is 1. The SMILES string of the molecule is COc1ccc(CNC(=O)c2cc3cc([N+](=O)[O-])ccc3c(=O)o2)cc1OC. The zero-order chi connectivity index (χ0) is 20.3. The smallest absolute Gasteiger partial charge is 0.344 e. The van der Waals surface area contributed by atoms with Crippen molar-refractivity contribution in [2.45, 2.75) is 6.54 Å². The number of hydrogen-bond acceptors (Lipinski definition) is 7. The number of methoxy groups -OCH3 is 2. The van der Waals surface area contributed by atoms with E-state index in [2.05, 4.69) is 5.32 Å². The average Bonchev–Trinajstić information content (AvgIpc) is 2.71. The molecule has 0 saturated carbocycles. The van der Waals surface area contributed by atoms with E-state index in [1.165, 1.54) is 38.5 Å².